The third-order valence-electron chi connectivity index (χ3n) is 3.02. The van der Waals surface area contributed by atoms with Crippen LogP contribution in [0.15, 0.2) is 23.3 Å². The highest BCUT2D eigenvalue weighted by Gasteiger charge is 2.13. The lowest BCUT2D eigenvalue weighted by Gasteiger charge is -2.22. The van der Waals surface area contributed by atoms with Crippen LogP contribution in [0.1, 0.15) is 46.0 Å². The molecular weight excluding hydrogens is 228 g/mol. The summed E-state index contributed by atoms with van der Waals surface area (Å²) < 4.78 is 11.2. The summed E-state index contributed by atoms with van der Waals surface area (Å²) in [6, 6.07) is 0. The Balaban J connectivity index is 2.16. The fourth-order valence-electron chi connectivity index (χ4n) is 1.87. The van der Waals surface area contributed by atoms with Gasteiger partial charge < -0.3 is 9.47 Å². The first-order valence-electron chi connectivity index (χ1n) is 6.72. The van der Waals surface area contributed by atoms with Gasteiger partial charge >= 0.3 is 0 Å². The maximum absolute atomic E-state index is 10.3. The average molecular weight is 252 g/mol. The maximum Gasteiger partial charge on any atom is 0.158 e. The fraction of sp³-hybridized carbons (Fsp3) is 0.667. The van der Waals surface area contributed by atoms with Crippen LogP contribution in [-0.2, 0) is 14.3 Å². The SMILES string of the molecule is C/C(=C/CC/C(C)=C/C=O)COC1CCCCO1. The molecule has 0 aliphatic carbocycles. The summed E-state index contributed by atoms with van der Waals surface area (Å²) in [6.07, 6.45) is 9.86. The molecule has 3 heteroatoms. The quantitative estimate of drug-likeness (QED) is 0.396. The Hall–Kier alpha value is -0.930. The van der Waals surface area contributed by atoms with Crippen molar-refractivity contribution in [1.29, 1.82) is 0 Å². The summed E-state index contributed by atoms with van der Waals surface area (Å²) in [5.41, 5.74) is 2.34. The molecule has 0 saturated carbocycles. The highest BCUT2D eigenvalue weighted by atomic mass is 16.7. The van der Waals surface area contributed by atoms with Gasteiger partial charge in [0.1, 0.15) is 6.29 Å². The molecule has 0 bridgehead atoms. The topological polar surface area (TPSA) is 35.5 Å². The van der Waals surface area contributed by atoms with Crippen LogP contribution in [0.2, 0.25) is 0 Å². The largest absolute Gasteiger partial charge is 0.353 e. The lowest BCUT2D eigenvalue weighted by Crippen LogP contribution is -2.22. The molecule has 3 nitrogen and oxygen atoms in total. The minimum absolute atomic E-state index is 0.0150. The number of carbonyl (C=O) groups is 1. The number of hydrogen-bond acceptors (Lipinski definition) is 3. The smallest absolute Gasteiger partial charge is 0.158 e. The summed E-state index contributed by atoms with van der Waals surface area (Å²) in [4.78, 5) is 10.3. The second kappa shape index (κ2) is 9.06. The molecule has 0 aromatic heterocycles. The number of carbonyl (C=O) groups excluding carboxylic acids is 1. The van der Waals surface area contributed by atoms with Crippen LogP contribution in [-0.4, -0.2) is 25.8 Å². The molecule has 0 spiro atoms. The molecule has 102 valence electrons. The predicted molar refractivity (Wildman–Crippen MR) is 72.4 cm³/mol. The van der Waals surface area contributed by atoms with Gasteiger partial charge in [-0.25, -0.2) is 0 Å². The Morgan fingerprint density at radius 1 is 1.33 bits per heavy atom. The van der Waals surface area contributed by atoms with Gasteiger partial charge in [0, 0.05) is 6.61 Å². The van der Waals surface area contributed by atoms with Crippen molar-refractivity contribution in [2.45, 2.75) is 52.2 Å². The summed E-state index contributed by atoms with van der Waals surface area (Å²) in [6.45, 7) is 5.51. The van der Waals surface area contributed by atoms with E-state index in [9.17, 15) is 4.79 Å². The van der Waals surface area contributed by atoms with E-state index in [-0.39, 0.29) is 6.29 Å². The van der Waals surface area contributed by atoms with E-state index in [1.54, 1.807) is 6.08 Å². The molecule has 0 aromatic carbocycles. The molecule has 1 aliphatic rings. The van der Waals surface area contributed by atoms with Crippen molar-refractivity contribution in [3.05, 3.63) is 23.3 Å². The molecule has 1 fully saturated rings. The van der Waals surface area contributed by atoms with Crippen molar-refractivity contribution in [2.24, 2.45) is 0 Å². The first-order chi connectivity index (χ1) is 8.72. The number of rotatable bonds is 7. The average Bonchev–Trinajstić information content (AvgIpc) is 2.38. The lowest BCUT2D eigenvalue weighted by atomic mass is 10.1. The number of hydrogen-bond donors (Lipinski definition) is 0. The molecule has 0 N–H and O–H groups in total. The van der Waals surface area contributed by atoms with Crippen LogP contribution in [0.5, 0.6) is 0 Å². The van der Waals surface area contributed by atoms with E-state index in [0.29, 0.717) is 6.61 Å². The zero-order chi connectivity index (χ0) is 13.2. The first kappa shape index (κ1) is 15.1. The Kier molecular flexibility index (Phi) is 7.62. The zero-order valence-electron chi connectivity index (χ0n) is 11.5. The van der Waals surface area contributed by atoms with Gasteiger partial charge in [0.25, 0.3) is 0 Å². The zero-order valence-corrected chi connectivity index (χ0v) is 11.5. The molecule has 0 radical (unpaired) electrons. The molecule has 1 heterocycles. The fourth-order valence-corrected chi connectivity index (χ4v) is 1.87. The van der Waals surface area contributed by atoms with Crippen molar-refractivity contribution in [3.8, 4) is 0 Å². The maximum atomic E-state index is 10.3. The molecule has 1 atom stereocenters. The molecule has 0 amide bonds. The standard InChI is InChI=1S/C15H24O3/c1-13(9-10-16)6-5-7-14(2)12-18-15-8-3-4-11-17-15/h7,9-10,15H,3-6,8,11-12H2,1-2H3/b13-9+,14-7-. The van der Waals surface area contributed by atoms with Crippen LogP contribution in [0.25, 0.3) is 0 Å². The van der Waals surface area contributed by atoms with Gasteiger partial charge in [0.2, 0.25) is 0 Å². The van der Waals surface area contributed by atoms with Gasteiger partial charge in [-0.15, -0.1) is 0 Å². The minimum Gasteiger partial charge on any atom is -0.353 e. The van der Waals surface area contributed by atoms with Gasteiger partial charge in [0.15, 0.2) is 6.29 Å². The lowest BCUT2D eigenvalue weighted by molar-refractivity contribution is -0.156. The third kappa shape index (κ3) is 6.72. The van der Waals surface area contributed by atoms with E-state index in [0.717, 1.165) is 44.1 Å². The number of ether oxygens (including phenoxy) is 2. The van der Waals surface area contributed by atoms with Gasteiger partial charge in [-0.3, -0.25) is 4.79 Å². The van der Waals surface area contributed by atoms with Crippen molar-refractivity contribution < 1.29 is 14.3 Å². The predicted octanol–water partition coefficient (Wildman–Crippen LogP) is 3.40. The van der Waals surface area contributed by atoms with Crippen LogP contribution < -0.4 is 0 Å². The minimum atomic E-state index is -0.0150. The van der Waals surface area contributed by atoms with Gasteiger partial charge in [0.05, 0.1) is 6.61 Å². The van der Waals surface area contributed by atoms with E-state index in [1.165, 1.54) is 12.0 Å². The van der Waals surface area contributed by atoms with Crippen LogP contribution in [0.3, 0.4) is 0 Å². The van der Waals surface area contributed by atoms with Gasteiger partial charge in [-0.2, -0.15) is 0 Å². The van der Waals surface area contributed by atoms with E-state index in [2.05, 4.69) is 13.0 Å². The van der Waals surface area contributed by atoms with Crippen LogP contribution in [0, 0.1) is 0 Å². The second-order valence-corrected chi connectivity index (χ2v) is 4.85. The van der Waals surface area contributed by atoms with E-state index < -0.39 is 0 Å². The summed E-state index contributed by atoms with van der Waals surface area (Å²) in [5, 5.41) is 0. The van der Waals surface area contributed by atoms with Crippen LogP contribution >= 0.6 is 0 Å². The van der Waals surface area contributed by atoms with E-state index in [1.807, 2.05) is 6.92 Å². The molecule has 18 heavy (non-hydrogen) atoms. The Morgan fingerprint density at radius 3 is 2.83 bits per heavy atom. The van der Waals surface area contributed by atoms with Crippen molar-refractivity contribution in [3.63, 3.8) is 0 Å². The van der Waals surface area contributed by atoms with Gasteiger partial charge in [-0.1, -0.05) is 17.2 Å². The highest BCUT2D eigenvalue weighted by molar-refractivity contribution is 5.65. The highest BCUT2D eigenvalue weighted by Crippen LogP contribution is 2.15. The molecule has 0 aromatic rings. The van der Waals surface area contributed by atoms with Crippen molar-refractivity contribution >= 4 is 6.29 Å². The number of aldehydes is 1. The molecular formula is C15H24O3. The van der Waals surface area contributed by atoms with E-state index >= 15 is 0 Å². The van der Waals surface area contributed by atoms with Gasteiger partial charge in [-0.05, 0) is 52.0 Å². The molecule has 1 unspecified atom stereocenters. The normalized spacial score (nSPS) is 22.0. The summed E-state index contributed by atoms with van der Waals surface area (Å²) in [7, 11) is 0. The third-order valence-corrected chi connectivity index (χ3v) is 3.02. The number of allylic oxidation sites excluding steroid dienone is 3. The first-order valence-corrected chi connectivity index (χ1v) is 6.72. The van der Waals surface area contributed by atoms with Crippen molar-refractivity contribution in [1.82, 2.24) is 0 Å². The van der Waals surface area contributed by atoms with E-state index in [4.69, 9.17) is 9.47 Å². The Bertz CT molecular complexity index is 299. The summed E-state index contributed by atoms with van der Waals surface area (Å²) >= 11 is 0. The molecule has 1 saturated heterocycles. The monoisotopic (exact) mass is 252 g/mol. The molecule has 1 rings (SSSR count). The van der Waals surface area contributed by atoms with Crippen LogP contribution in [0.4, 0.5) is 0 Å². The molecule has 1 aliphatic heterocycles. The Labute approximate surface area is 110 Å². The summed E-state index contributed by atoms with van der Waals surface area (Å²) in [5.74, 6) is 0. The van der Waals surface area contributed by atoms with Crippen molar-refractivity contribution in [2.75, 3.05) is 13.2 Å². The second-order valence-electron chi connectivity index (χ2n) is 4.85. The Morgan fingerprint density at radius 2 is 2.17 bits per heavy atom.